The minimum atomic E-state index is -3.86. The van der Waals surface area contributed by atoms with Gasteiger partial charge in [0.25, 0.3) is 15.9 Å². The van der Waals surface area contributed by atoms with Gasteiger partial charge in [-0.2, -0.15) is 4.99 Å². The number of aryl methyl sites for hydroxylation is 2. The van der Waals surface area contributed by atoms with Crippen LogP contribution >= 0.6 is 11.3 Å². The summed E-state index contributed by atoms with van der Waals surface area (Å²) in [5, 5.41) is 0. The number of benzene rings is 3. The number of aromatic nitrogens is 1. The normalized spacial score (nSPS) is 12.1. The van der Waals surface area contributed by atoms with Crippen molar-refractivity contribution in [3.05, 3.63) is 101 Å². The number of carbonyl (C=O) groups is 1. The average Bonchev–Trinajstić information content (AvgIpc) is 3.10. The molecule has 1 N–H and O–H groups in total. The van der Waals surface area contributed by atoms with E-state index in [0.29, 0.717) is 11.3 Å². The molecule has 0 unspecified atom stereocenters. The molecule has 0 spiro atoms. The van der Waals surface area contributed by atoms with Gasteiger partial charge in [-0.15, -0.1) is 6.58 Å². The van der Waals surface area contributed by atoms with E-state index in [1.54, 1.807) is 42.5 Å². The Hall–Kier alpha value is -3.49. The third-order valence-corrected chi connectivity index (χ3v) is 7.50. The van der Waals surface area contributed by atoms with Crippen molar-refractivity contribution in [1.29, 1.82) is 0 Å². The quantitative estimate of drug-likeness (QED) is 0.395. The number of amides is 1. The predicted octanol–water partition coefficient (Wildman–Crippen LogP) is 5.05. The molecule has 0 bridgehead atoms. The number of allylic oxidation sites excluding steroid dienone is 1. The summed E-state index contributed by atoms with van der Waals surface area (Å²) in [6.45, 7) is 8.20. The number of anilines is 1. The van der Waals surface area contributed by atoms with Gasteiger partial charge in [-0.25, -0.2) is 8.42 Å². The van der Waals surface area contributed by atoms with E-state index >= 15 is 0 Å². The Morgan fingerprint density at radius 1 is 1.06 bits per heavy atom. The van der Waals surface area contributed by atoms with E-state index in [4.69, 9.17) is 0 Å². The van der Waals surface area contributed by atoms with E-state index < -0.39 is 15.9 Å². The van der Waals surface area contributed by atoms with Crippen LogP contribution in [0.15, 0.2) is 89.3 Å². The molecule has 168 valence electrons. The number of rotatable bonds is 6. The Labute approximate surface area is 196 Å². The molecule has 1 amide bonds. The summed E-state index contributed by atoms with van der Waals surface area (Å²) < 4.78 is 31.2. The zero-order valence-electron chi connectivity index (χ0n) is 18.3. The van der Waals surface area contributed by atoms with Gasteiger partial charge in [-0.05, 0) is 55.8 Å². The average molecular weight is 478 g/mol. The minimum absolute atomic E-state index is 0.121. The lowest BCUT2D eigenvalue weighted by Gasteiger charge is -2.11. The fraction of sp³-hybridized carbons (Fsp3) is 0.120. The van der Waals surface area contributed by atoms with Crippen molar-refractivity contribution in [1.82, 2.24) is 4.57 Å². The van der Waals surface area contributed by atoms with Crippen molar-refractivity contribution >= 4 is 43.2 Å². The van der Waals surface area contributed by atoms with E-state index in [9.17, 15) is 13.2 Å². The Kier molecular flexibility index (Phi) is 6.31. The molecular formula is C25H23N3O3S2. The molecule has 4 rings (SSSR count). The molecule has 3 aromatic carbocycles. The number of nitrogens with one attached hydrogen (secondary N) is 1. The number of fused-ring (bicyclic) bond motifs is 1. The Morgan fingerprint density at radius 3 is 2.48 bits per heavy atom. The maximum atomic E-state index is 13.2. The number of carbonyl (C=O) groups excluding carboxylic acids is 1. The van der Waals surface area contributed by atoms with Crippen LogP contribution in [-0.2, 0) is 16.6 Å². The minimum Gasteiger partial charge on any atom is -0.312 e. The molecular weight excluding hydrogens is 454 g/mol. The molecule has 1 aromatic heterocycles. The molecule has 4 aromatic rings. The Bertz CT molecular complexity index is 1530. The van der Waals surface area contributed by atoms with Crippen molar-refractivity contribution in [2.24, 2.45) is 4.99 Å². The lowest BCUT2D eigenvalue weighted by Crippen LogP contribution is -2.18. The van der Waals surface area contributed by atoms with Crippen molar-refractivity contribution in [2.75, 3.05) is 4.72 Å². The zero-order valence-corrected chi connectivity index (χ0v) is 19.9. The predicted molar refractivity (Wildman–Crippen MR) is 133 cm³/mol. The summed E-state index contributed by atoms with van der Waals surface area (Å²) in [5.74, 6) is -0.529. The molecule has 8 heteroatoms. The zero-order chi connectivity index (χ0) is 23.6. The molecule has 0 fully saturated rings. The number of nitrogens with zero attached hydrogens (tertiary/aromatic N) is 2. The highest BCUT2D eigenvalue weighted by Gasteiger charge is 2.19. The van der Waals surface area contributed by atoms with Crippen molar-refractivity contribution in [3.63, 3.8) is 0 Å². The summed E-state index contributed by atoms with van der Waals surface area (Å²) in [5.41, 5.74) is 3.38. The van der Waals surface area contributed by atoms with Crippen LogP contribution < -0.4 is 9.52 Å². The Morgan fingerprint density at radius 2 is 1.76 bits per heavy atom. The first-order chi connectivity index (χ1) is 15.8. The monoisotopic (exact) mass is 477 g/mol. The van der Waals surface area contributed by atoms with Crippen LogP contribution in [0, 0.1) is 13.8 Å². The molecule has 0 aliphatic carbocycles. The molecule has 0 saturated heterocycles. The van der Waals surface area contributed by atoms with E-state index in [1.165, 1.54) is 23.5 Å². The highest BCUT2D eigenvalue weighted by Crippen LogP contribution is 2.22. The topological polar surface area (TPSA) is 80.5 Å². The van der Waals surface area contributed by atoms with Crippen LogP contribution in [0.5, 0.6) is 0 Å². The molecule has 0 aliphatic rings. The van der Waals surface area contributed by atoms with Gasteiger partial charge in [-0.1, -0.05) is 53.3 Å². The van der Waals surface area contributed by atoms with Gasteiger partial charge in [0.05, 0.1) is 26.4 Å². The summed E-state index contributed by atoms with van der Waals surface area (Å²) in [7, 11) is -3.86. The Balaban J connectivity index is 1.75. The fourth-order valence-corrected chi connectivity index (χ4v) is 5.61. The van der Waals surface area contributed by atoms with E-state index in [0.717, 1.165) is 21.3 Å². The van der Waals surface area contributed by atoms with Crippen LogP contribution in [-0.4, -0.2) is 18.9 Å². The highest BCUT2D eigenvalue weighted by molar-refractivity contribution is 7.92. The standard InChI is InChI=1S/C25H23N3O3S2/c1-4-15-28-22-14-11-18(3)16-23(22)32-25(28)26-24(29)20-7-5-6-8-21(20)27-33(30,31)19-12-9-17(2)10-13-19/h4-14,16,27H,1,15H2,2-3H3. The maximum absolute atomic E-state index is 13.2. The lowest BCUT2D eigenvalue weighted by atomic mass is 10.2. The molecule has 0 atom stereocenters. The fourth-order valence-electron chi connectivity index (χ4n) is 3.40. The molecule has 33 heavy (non-hydrogen) atoms. The second kappa shape index (κ2) is 9.17. The van der Waals surface area contributed by atoms with Gasteiger partial charge in [0.15, 0.2) is 4.80 Å². The van der Waals surface area contributed by atoms with Gasteiger partial charge < -0.3 is 4.57 Å². The van der Waals surface area contributed by atoms with E-state index in [-0.39, 0.29) is 16.1 Å². The van der Waals surface area contributed by atoms with Crippen molar-refractivity contribution in [2.45, 2.75) is 25.3 Å². The number of hydrogen-bond acceptors (Lipinski definition) is 4. The van der Waals surface area contributed by atoms with Crippen LogP contribution in [0.3, 0.4) is 0 Å². The van der Waals surface area contributed by atoms with E-state index in [2.05, 4.69) is 16.3 Å². The summed E-state index contributed by atoms with van der Waals surface area (Å²) in [6, 6.07) is 19.0. The molecule has 1 heterocycles. The highest BCUT2D eigenvalue weighted by atomic mass is 32.2. The van der Waals surface area contributed by atoms with Crippen LogP contribution in [0.2, 0.25) is 0 Å². The van der Waals surface area contributed by atoms with Gasteiger partial charge in [0, 0.05) is 6.54 Å². The SMILES string of the molecule is C=CCn1c(=NC(=O)c2ccccc2NS(=O)(=O)c2ccc(C)cc2)sc2cc(C)ccc21. The van der Waals surface area contributed by atoms with Gasteiger partial charge in [0.2, 0.25) is 0 Å². The first-order valence-electron chi connectivity index (χ1n) is 10.3. The molecule has 6 nitrogen and oxygen atoms in total. The van der Waals surface area contributed by atoms with Crippen LogP contribution in [0.1, 0.15) is 21.5 Å². The summed E-state index contributed by atoms with van der Waals surface area (Å²) in [6.07, 6.45) is 1.75. The molecule has 0 radical (unpaired) electrons. The molecule has 0 saturated carbocycles. The number of thiazole rings is 1. The number of sulfonamides is 1. The van der Waals surface area contributed by atoms with Gasteiger partial charge >= 0.3 is 0 Å². The van der Waals surface area contributed by atoms with Gasteiger partial charge in [-0.3, -0.25) is 9.52 Å². The molecule has 0 aliphatic heterocycles. The van der Waals surface area contributed by atoms with Crippen molar-refractivity contribution < 1.29 is 13.2 Å². The van der Waals surface area contributed by atoms with Crippen LogP contribution in [0.4, 0.5) is 5.69 Å². The first kappa shape index (κ1) is 22.7. The second-order valence-electron chi connectivity index (χ2n) is 7.64. The second-order valence-corrected chi connectivity index (χ2v) is 10.3. The largest absolute Gasteiger partial charge is 0.312 e. The third kappa shape index (κ3) is 4.81. The number of para-hydroxylation sites is 1. The van der Waals surface area contributed by atoms with Gasteiger partial charge in [0.1, 0.15) is 0 Å². The number of hydrogen-bond donors (Lipinski definition) is 1. The smallest absolute Gasteiger partial charge is 0.281 e. The lowest BCUT2D eigenvalue weighted by molar-refractivity contribution is 0.0998. The maximum Gasteiger partial charge on any atom is 0.281 e. The first-order valence-corrected chi connectivity index (χ1v) is 12.6. The summed E-state index contributed by atoms with van der Waals surface area (Å²) >= 11 is 1.41. The van der Waals surface area contributed by atoms with E-state index in [1.807, 2.05) is 36.6 Å². The van der Waals surface area contributed by atoms with Crippen LogP contribution in [0.25, 0.3) is 10.2 Å². The van der Waals surface area contributed by atoms with Crippen molar-refractivity contribution in [3.8, 4) is 0 Å². The summed E-state index contributed by atoms with van der Waals surface area (Å²) in [4.78, 5) is 18.2. The third-order valence-electron chi connectivity index (χ3n) is 5.08.